The molecule has 1 aromatic carbocycles. The van der Waals surface area contributed by atoms with Gasteiger partial charge in [0.2, 0.25) is 0 Å². The molecule has 2 nitrogen and oxygen atoms in total. The summed E-state index contributed by atoms with van der Waals surface area (Å²) in [7, 11) is 0. The van der Waals surface area contributed by atoms with Crippen molar-refractivity contribution in [2.45, 2.75) is 19.9 Å². The van der Waals surface area contributed by atoms with Crippen molar-refractivity contribution >= 4 is 5.69 Å². The SMILES string of the molecule is Cc1cnccc1NC(C)c1ccccc1F. The second-order valence-electron chi connectivity index (χ2n) is 4.08. The highest BCUT2D eigenvalue weighted by Gasteiger charge is 2.10. The Bertz CT molecular complexity index is 511. The largest absolute Gasteiger partial charge is 0.378 e. The van der Waals surface area contributed by atoms with E-state index >= 15 is 0 Å². The molecule has 0 bridgehead atoms. The van der Waals surface area contributed by atoms with Crippen molar-refractivity contribution in [3.8, 4) is 0 Å². The lowest BCUT2D eigenvalue weighted by molar-refractivity contribution is 0.600. The summed E-state index contributed by atoms with van der Waals surface area (Å²) in [6.45, 7) is 3.92. The number of nitrogens with one attached hydrogen (secondary N) is 1. The summed E-state index contributed by atoms with van der Waals surface area (Å²) in [6.07, 6.45) is 3.51. The van der Waals surface area contributed by atoms with Crippen LogP contribution in [-0.4, -0.2) is 4.98 Å². The molecule has 0 fully saturated rings. The summed E-state index contributed by atoms with van der Waals surface area (Å²) < 4.78 is 13.6. The number of aryl methyl sites for hydroxylation is 1. The Kier molecular flexibility index (Phi) is 3.38. The van der Waals surface area contributed by atoms with Crippen LogP contribution in [0.15, 0.2) is 42.7 Å². The zero-order chi connectivity index (χ0) is 12.3. The number of pyridine rings is 1. The molecular formula is C14H15FN2. The molecule has 88 valence electrons. The van der Waals surface area contributed by atoms with Gasteiger partial charge in [0.05, 0.1) is 6.04 Å². The van der Waals surface area contributed by atoms with Gasteiger partial charge in [-0.05, 0) is 31.5 Å². The van der Waals surface area contributed by atoms with Gasteiger partial charge in [-0.25, -0.2) is 4.39 Å². The van der Waals surface area contributed by atoms with Gasteiger partial charge in [0.15, 0.2) is 0 Å². The molecule has 2 rings (SSSR count). The van der Waals surface area contributed by atoms with Crippen molar-refractivity contribution in [3.63, 3.8) is 0 Å². The highest BCUT2D eigenvalue weighted by molar-refractivity contribution is 5.50. The first kappa shape index (κ1) is 11.6. The minimum atomic E-state index is -0.181. The topological polar surface area (TPSA) is 24.9 Å². The Morgan fingerprint density at radius 1 is 1.24 bits per heavy atom. The summed E-state index contributed by atoms with van der Waals surface area (Å²) in [5.41, 5.74) is 2.70. The first-order valence-electron chi connectivity index (χ1n) is 5.60. The molecule has 0 amide bonds. The van der Waals surface area contributed by atoms with Crippen LogP contribution in [0.4, 0.5) is 10.1 Å². The second-order valence-corrected chi connectivity index (χ2v) is 4.08. The molecule has 1 N–H and O–H groups in total. The van der Waals surface area contributed by atoms with Crippen molar-refractivity contribution in [1.82, 2.24) is 4.98 Å². The average molecular weight is 230 g/mol. The van der Waals surface area contributed by atoms with Crippen LogP contribution in [-0.2, 0) is 0 Å². The van der Waals surface area contributed by atoms with Crippen molar-refractivity contribution in [3.05, 3.63) is 59.7 Å². The molecule has 0 spiro atoms. The van der Waals surface area contributed by atoms with Gasteiger partial charge in [-0.2, -0.15) is 0 Å². The molecule has 17 heavy (non-hydrogen) atoms. The fourth-order valence-electron chi connectivity index (χ4n) is 1.77. The molecule has 1 unspecified atom stereocenters. The van der Waals surface area contributed by atoms with E-state index in [0.29, 0.717) is 5.56 Å². The van der Waals surface area contributed by atoms with Crippen molar-refractivity contribution in [2.75, 3.05) is 5.32 Å². The molecule has 3 heteroatoms. The first-order chi connectivity index (χ1) is 8.18. The second kappa shape index (κ2) is 4.95. The molecule has 0 radical (unpaired) electrons. The molecule has 0 aliphatic heterocycles. The molecular weight excluding hydrogens is 215 g/mol. The summed E-state index contributed by atoms with van der Waals surface area (Å²) >= 11 is 0. The standard InChI is InChI=1S/C14H15FN2/c1-10-9-16-8-7-14(10)17-11(2)12-5-3-4-6-13(12)15/h3-9,11H,1-2H3,(H,16,17). The number of rotatable bonds is 3. The van der Waals surface area contributed by atoms with Crippen LogP contribution >= 0.6 is 0 Å². The van der Waals surface area contributed by atoms with E-state index in [9.17, 15) is 4.39 Å². The number of anilines is 1. The molecule has 1 heterocycles. The van der Waals surface area contributed by atoms with Gasteiger partial charge in [0.25, 0.3) is 0 Å². The van der Waals surface area contributed by atoms with Gasteiger partial charge in [0.1, 0.15) is 5.82 Å². The van der Waals surface area contributed by atoms with Crippen LogP contribution in [0.3, 0.4) is 0 Å². The quantitative estimate of drug-likeness (QED) is 0.869. The normalized spacial score (nSPS) is 12.2. The third-order valence-electron chi connectivity index (χ3n) is 2.76. The maximum Gasteiger partial charge on any atom is 0.128 e. The smallest absolute Gasteiger partial charge is 0.128 e. The van der Waals surface area contributed by atoms with E-state index in [2.05, 4.69) is 10.3 Å². The Labute approximate surface area is 101 Å². The number of aromatic nitrogens is 1. The zero-order valence-corrected chi connectivity index (χ0v) is 9.94. The Morgan fingerprint density at radius 2 is 2.00 bits per heavy atom. The average Bonchev–Trinajstić information content (AvgIpc) is 2.32. The van der Waals surface area contributed by atoms with E-state index in [1.54, 1.807) is 24.5 Å². The fraction of sp³-hybridized carbons (Fsp3) is 0.214. The van der Waals surface area contributed by atoms with Crippen LogP contribution < -0.4 is 5.32 Å². The Morgan fingerprint density at radius 3 is 2.71 bits per heavy atom. The van der Waals surface area contributed by atoms with Crippen molar-refractivity contribution in [2.24, 2.45) is 0 Å². The summed E-state index contributed by atoms with van der Waals surface area (Å²) in [6, 6.07) is 8.64. The van der Waals surface area contributed by atoms with E-state index in [1.807, 2.05) is 26.0 Å². The number of hydrogen-bond donors (Lipinski definition) is 1. The third kappa shape index (κ3) is 2.61. The molecule has 1 aromatic heterocycles. The van der Waals surface area contributed by atoms with Gasteiger partial charge in [-0.3, -0.25) is 4.98 Å². The van der Waals surface area contributed by atoms with Gasteiger partial charge in [-0.1, -0.05) is 18.2 Å². The predicted molar refractivity (Wildman–Crippen MR) is 67.4 cm³/mol. The maximum absolute atomic E-state index is 13.6. The molecule has 1 atom stereocenters. The van der Waals surface area contributed by atoms with Gasteiger partial charge >= 0.3 is 0 Å². The van der Waals surface area contributed by atoms with Crippen LogP contribution in [0, 0.1) is 12.7 Å². The zero-order valence-electron chi connectivity index (χ0n) is 9.94. The summed E-state index contributed by atoms with van der Waals surface area (Å²) in [5, 5.41) is 3.29. The Balaban J connectivity index is 2.20. The number of nitrogens with zero attached hydrogens (tertiary/aromatic N) is 1. The van der Waals surface area contributed by atoms with Gasteiger partial charge in [0, 0.05) is 23.6 Å². The summed E-state index contributed by atoms with van der Waals surface area (Å²) in [4.78, 5) is 4.03. The lowest BCUT2D eigenvalue weighted by Crippen LogP contribution is -2.09. The number of halogens is 1. The molecule has 2 aromatic rings. The van der Waals surface area contributed by atoms with E-state index in [1.165, 1.54) is 6.07 Å². The van der Waals surface area contributed by atoms with Crippen molar-refractivity contribution in [1.29, 1.82) is 0 Å². The molecule has 0 saturated carbocycles. The minimum absolute atomic E-state index is 0.0719. The van der Waals surface area contributed by atoms with Gasteiger partial charge in [-0.15, -0.1) is 0 Å². The lowest BCUT2D eigenvalue weighted by Gasteiger charge is -2.17. The third-order valence-corrected chi connectivity index (χ3v) is 2.76. The number of benzene rings is 1. The maximum atomic E-state index is 13.6. The minimum Gasteiger partial charge on any atom is -0.378 e. The highest BCUT2D eigenvalue weighted by Crippen LogP contribution is 2.22. The highest BCUT2D eigenvalue weighted by atomic mass is 19.1. The van der Waals surface area contributed by atoms with Crippen LogP contribution in [0.2, 0.25) is 0 Å². The van der Waals surface area contributed by atoms with Crippen LogP contribution in [0.5, 0.6) is 0 Å². The monoisotopic (exact) mass is 230 g/mol. The summed E-state index contributed by atoms with van der Waals surface area (Å²) in [5.74, 6) is -0.181. The predicted octanol–water partition coefficient (Wildman–Crippen LogP) is 3.70. The van der Waals surface area contributed by atoms with E-state index < -0.39 is 0 Å². The molecule has 0 saturated heterocycles. The fourth-order valence-corrected chi connectivity index (χ4v) is 1.77. The van der Waals surface area contributed by atoms with E-state index in [0.717, 1.165) is 11.3 Å². The number of hydrogen-bond acceptors (Lipinski definition) is 2. The Hall–Kier alpha value is -1.90. The van der Waals surface area contributed by atoms with E-state index in [-0.39, 0.29) is 11.9 Å². The molecule has 0 aliphatic rings. The lowest BCUT2D eigenvalue weighted by atomic mass is 10.1. The van der Waals surface area contributed by atoms with Crippen LogP contribution in [0.1, 0.15) is 24.1 Å². The van der Waals surface area contributed by atoms with Crippen molar-refractivity contribution < 1.29 is 4.39 Å². The van der Waals surface area contributed by atoms with E-state index in [4.69, 9.17) is 0 Å². The van der Waals surface area contributed by atoms with Crippen LogP contribution in [0.25, 0.3) is 0 Å². The first-order valence-corrected chi connectivity index (χ1v) is 5.60. The molecule has 0 aliphatic carbocycles. The van der Waals surface area contributed by atoms with Gasteiger partial charge < -0.3 is 5.32 Å².